The molecule has 1 aliphatic heterocycles. The van der Waals surface area contributed by atoms with E-state index < -0.39 is 5.97 Å². The molecular formula is C14H15N3O3S. The lowest BCUT2D eigenvalue weighted by atomic mass is 9.92. The zero-order valence-electron chi connectivity index (χ0n) is 11.2. The van der Waals surface area contributed by atoms with Crippen molar-refractivity contribution in [2.75, 3.05) is 24.6 Å². The second-order valence-electron chi connectivity index (χ2n) is 5.08. The number of carboxylic acids is 1. The van der Waals surface area contributed by atoms with E-state index in [1.165, 1.54) is 18.0 Å². The highest BCUT2D eigenvalue weighted by Gasteiger charge is 2.34. The minimum absolute atomic E-state index is 0.0639. The van der Waals surface area contributed by atoms with E-state index in [9.17, 15) is 9.90 Å². The molecule has 7 heteroatoms. The number of aliphatic hydroxyl groups is 1. The van der Waals surface area contributed by atoms with Crippen molar-refractivity contribution in [2.45, 2.75) is 5.92 Å². The van der Waals surface area contributed by atoms with Crippen molar-refractivity contribution in [3.05, 3.63) is 40.5 Å². The van der Waals surface area contributed by atoms with Gasteiger partial charge in [-0.1, -0.05) is 0 Å². The third-order valence-electron chi connectivity index (χ3n) is 3.83. The maximum absolute atomic E-state index is 10.8. The van der Waals surface area contributed by atoms with E-state index in [1.807, 2.05) is 10.3 Å². The van der Waals surface area contributed by atoms with Gasteiger partial charge in [-0.3, -0.25) is 0 Å². The molecule has 1 aliphatic rings. The SMILES string of the molecule is O=C(O)c1cnc(N2C[C@@H](CO)[C@H](c3ccsc3)C2)cn1. The van der Waals surface area contributed by atoms with Gasteiger partial charge in [0.1, 0.15) is 5.82 Å². The second kappa shape index (κ2) is 5.79. The van der Waals surface area contributed by atoms with Crippen molar-refractivity contribution in [3.63, 3.8) is 0 Å². The summed E-state index contributed by atoms with van der Waals surface area (Å²) >= 11 is 1.65. The molecule has 0 radical (unpaired) electrons. The van der Waals surface area contributed by atoms with Crippen LogP contribution in [0.3, 0.4) is 0 Å². The molecule has 2 atom stereocenters. The molecule has 0 unspecified atom stereocenters. The number of aliphatic hydroxyl groups excluding tert-OH is 1. The summed E-state index contributed by atoms with van der Waals surface area (Å²) in [4.78, 5) is 20.9. The molecule has 0 spiro atoms. The van der Waals surface area contributed by atoms with Gasteiger partial charge in [-0.2, -0.15) is 11.3 Å². The van der Waals surface area contributed by atoms with E-state index in [1.54, 1.807) is 11.3 Å². The standard InChI is InChI=1S/C14H15N3O3S/c18-7-10-5-17(6-11(10)9-1-2-21-8-9)13-4-15-12(3-16-13)14(19)20/h1-4,8,10-11,18H,5-7H2,(H,19,20)/t10-,11-/m0/s1. The van der Waals surface area contributed by atoms with Crippen LogP contribution in [0.1, 0.15) is 22.0 Å². The highest BCUT2D eigenvalue weighted by molar-refractivity contribution is 7.08. The van der Waals surface area contributed by atoms with Gasteiger partial charge in [0.15, 0.2) is 5.69 Å². The molecular weight excluding hydrogens is 290 g/mol. The van der Waals surface area contributed by atoms with Crippen LogP contribution in [0.2, 0.25) is 0 Å². The quantitative estimate of drug-likeness (QED) is 0.889. The summed E-state index contributed by atoms with van der Waals surface area (Å²) in [5, 5.41) is 22.6. The number of aromatic nitrogens is 2. The number of nitrogens with zero attached hydrogens (tertiary/aromatic N) is 3. The van der Waals surface area contributed by atoms with Crippen LogP contribution < -0.4 is 4.90 Å². The van der Waals surface area contributed by atoms with Gasteiger partial charge in [0.25, 0.3) is 0 Å². The van der Waals surface area contributed by atoms with Crippen LogP contribution in [-0.2, 0) is 0 Å². The van der Waals surface area contributed by atoms with Gasteiger partial charge in [-0.05, 0) is 22.4 Å². The van der Waals surface area contributed by atoms with E-state index in [4.69, 9.17) is 5.11 Å². The van der Waals surface area contributed by atoms with Crippen LogP contribution in [0.15, 0.2) is 29.2 Å². The van der Waals surface area contributed by atoms with Crippen LogP contribution in [0.25, 0.3) is 0 Å². The molecule has 0 bridgehead atoms. The monoisotopic (exact) mass is 305 g/mol. The van der Waals surface area contributed by atoms with Crippen LogP contribution in [0, 0.1) is 5.92 Å². The van der Waals surface area contributed by atoms with Gasteiger partial charge in [0, 0.05) is 31.5 Å². The van der Waals surface area contributed by atoms with E-state index in [0.29, 0.717) is 12.4 Å². The molecule has 3 heterocycles. The molecule has 2 aromatic rings. The highest BCUT2D eigenvalue weighted by Crippen LogP contribution is 2.35. The van der Waals surface area contributed by atoms with Gasteiger partial charge in [0.2, 0.25) is 0 Å². The van der Waals surface area contributed by atoms with E-state index >= 15 is 0 Å². The Kier molecular flexibility index (Phi) is 3.85. The van der Waals surface area contributed by atoms with Crippen molar-refractivity contribution < 1.29 is 15.0 Å². The summed E-state index contributed by atoms with van der Waals surface area (Å²) in [5.41, 5.74) is 1.17. The first kappa shape index (κ1) is 14.0. The lowest BCUT2D eigenvalue weighted by Crippen LogP contribution is -2.22. The van der Waals surface area contributed by atoms with E-state index in [0.717, 1.165) is 6.54 Å². The smallest absolute Gasteiger partial charge is 0.356 e. The molecule has 0 aromatic carbocycles. The third-order valence-corrected chi connectivity index (χ3v) is 4.53. The van der Waals surface area contributed by atoms with Crippen molar-refractivity contribution in [1.82, 2.24) is 9.97 Å². The van der Waals surface area contributed by atoms with Gasteiger partial charge in [0.05, 0.1) is 12.4 Å². The van der Waals surface area contributed by atoms with Crippen LogP contribution in [-0.4, -0.2) is 45.8 Å². The maximum Gasteiger partial charge on any atom is 0.356 e. The molecule has 2 aromatic heterocycles. The average Bonchev–Trinajstić information content (AvgIpc) is 3.16. The number of hydrogen-bond donors (Lipinski definition) is 2. The fraction of sp³-hybridized carbons (Fsp3) is 0.357. The van der Waals surface area contributed by atoms with Gasteiger partial charge in [-0.15, -0.1) is 0 Å². The van der Waals surface area contributed by atoms with Crippen molar-refractivity contribution in [1.29, 1.82) is 0 Å². The zero-order valence-corrected chi connectivity index (χ0v) is 12.0. The number of carboxylic acid groups (broad SMARTS) is 1. The van der Waals surface area contributed by atoms with E-state index in [2.05, 4.69) is 21.4 Å². The Hall–Kier alpha value is -1.99. The number of thiophene rings is 1. The predicted octanol–water partition coefficient (Wildman–Crippen LogP) is 1.45. The Labute approximate surface area is 125 Å². The summed E-state index contributed by atoms with van der Waals surface area (Å²) in [6, 6.07) is 2.08. The maximum atomic E-state index is 10.8. The number of hydrogen-bond acceptors (Lipinski definition) is 6. The molecule has 1 saturated heterocycles. The van der Waals surface area contributed by atoms with Crippen molar-refractivity contribution >= 4 is 23.1 Å². The summed E-state index contributed by atoms with van der Waals surface area (Å²) in [6.07, 6.45) is 2.75. The fourth-order valence-electron chi connectivity index (χ4n) is 2.70. The number of aromatic carboxylic acids is 1. The summed E-state index contributed by atoms with van der Waals surface area (Å²) in [6.45, 7) is 1.57. The van der Waals surface area contributed by atoms with Crippen LogP contribution in [0.5, 0.6) is 0 Å². The number of anilines is 1. The average molecular weight is 305 g/mol. The number of rotatable bonds is 4. The Bertz CT molecular complexity index is 615. The molecule has 110 valence electrons. The zero-order chi connectivity index (χ0) is 14.8. The molecule has 6 nitrogen and oxygen atoms in total. The predicted molar refractivity (Wildman–Crippen MR) is 78.8 cm³/mol. The summed E-state index contributed by atoms with van der Waals surface area (Å²) in [7, 11) is 0. The fourth-order valence-corrected chi connectivity index (χ4v) is 3.43. The topological polar surface area (TPSA) is 86.5 Å². The van der Waals surface area contributed by atoms with Gasteiger partial charge < -0.3 is 15.1 Å². The molecule has 3 rings (SSSR count). The molecule has 2 N–H and O–H groups in total. The van der Waals surface area contributed by atoms with Crippen LogP contribution >= 0.6 is 11.3 Å². The Morgan fingerprint density at radius 3 is 2.81 bits per heavy atom. The van der Waals surface area contributed by atoms with E-state index in [-0.39, 0.29) is 24.1 Å². The number of carbonyl (C=O) groups is 1. The summed E-state index contributed by atoms with van der Waals surface area (Å²) < 4.78 is 0. The lowest BCUT2D eigenvalue weighted by molar-refractivity contribution is 0.0690. The Balaban J connectivity index is 1.79. The first-order chi connectivity index (χ1) is 10.2. The highest BCUT2D eigenvalue weighted by atomic mass is 32.1. The molecule has 21 heavy (non-hydrogen) atoms. The van der Waals surface area contributed by atoms with Crippen molar-refractivity contribution in [3.8, 4) is 0 Å². The van der Waals surface area contributed by atoms with Gasteiger partial charge >= 0.3 is 5.97 Å². The first-order valence-electron chi connectivity index (χ1n) is 6.62. The van der Waals surface area contributed by atoms with Crippen LogP contribution in [0.4, 0.5) is 5.82 Å². The summed E-state index contributed by atoms with van der Waals surface area (Å²) in [5.74, 6) is -0.0150. The molecule has 0 aliphatic carbocycles. The Morgan fingerprint density at radius 2 is 2.24 bits per heavy atom. The first-order valence-corrected chi connectivity index (χ1v) is 7.56. The minimum atomic E-state index is -1.08. The largest absolute Gasteiger partial charge is 0.476 e. The van der Waals surface area contributed by atoms with Gasteiger partial charge in [-0.25, -0.2) is 14.8 Å². The minimum Gasteiger partial charge on any atom is -0.476 e. The normalized spacial score (nSPS) is 21.7. The third kappa shape index (κ3) is 2.74. The molecule has 0 saturated carbocycles. The lowest BCUT2D eigenvalue weighted by Gasteiger charge is -2.16. The Morgan fingerprint density at radius 1 is 1.38 bits per heavy atom. The molecule has 0 amide bonds. The second-order valence-corrected chi connectivity index (χ2v) is 5.86. The molecule has 1 fully saturated rings. The van der Waals surface area contributed by atoms with Crippen molar-refractivity contribution in [2.24, 2.45) is 5.92 Å².